The van der Waals surface area contributed by atoms with Crippen LogP contribution < -0.4 is 0 Å². The Labute approximate surface area is 94.6 Å². The van der Waals surface area contributed by atoms with Gasteiger partial charge in [0.15, 0.2) is 0 Å². The quantitative estimate of drug-likeness (QED) is 0.822. The fraction of sp³-hybridized carbons (Fsp3) is 0.333. The van der Waals surface area contributed by atoms with Gasteiger partial charge in [0, 0.05) is 6.42 Å². The van der Waals surface area contributed by atoms with Crippen LogP contribution in [0.3, 0.4) is 0 Å². The first-order valence-electron chi connectivity index (χ1n) is 5.29. The van der Waals surface area contributed by atoms with Crippen molar-refractivity contribution in [2.75, 3.05) is 0 Å². The van der Waals surface area contributed by atoms with Crippen molar-refractivity contribution < 1.29 is 5.11 Å². The molecule has 4 nitrogen and oxygen atoms in total. The largest absolute Gasteiger partial charge is 0.390 e. The molecule has 0 fully saturated rings. The molecule has 0 atom stereocenters. The van der Waals surface area contributed by atoms with E-state index in [-0.39, 0.29) is 6.61 Å². The van der Waals surface area contributed by atoms with Crippen LogP contribution in [0.5, 0.6) is 0 Å². The summed E-state index contributed by atoms with van der Waals surface area (Å²) in [5, 5.41) is 17.6. The lowest BCUT2D eigenvalue weighted by Crippen LogP contribution is -2.01. The van der Waals surface area contributed by atoms with Gasteiger partial charge in [-0.05, 0) is 19.9 Å². The van der Waals surface area contributed by atoms with Crippen molar-refractivity contribution in [3.8, 4) is 0 Å². The summed E-state index contributed by atoms with van der Waals surface area (Å²) in [6.45, 7) is 3.84. The van der Waals surface area contributed by atoms with E-state index in [1.54, 1.807) is 4.80 Å². The highest BCUT2D eigenvalue weighted by atomic mass is 16.3. The summed E-state index contributed by atoms with van der Waals surface area (Å²) in [4.78, 5) is 1.60. The molecule has 0 bridgehead atoms. The van der Waals surface area contributed by atoms with Gasteiger partial charge in [0.2, 0.25) is 0 Å². The van der Waals surface area contributed by atoms with Gasteiger partial charge in [-0.1, -0.05) is 23.8 Å². The van der Waals surface area contributed by atoms with Gasteiger partial charge >= 0.3 is 0 Å². The van der Waals surface area contributed by atoms with Crippen molar-refractivity contribution in [3.05, 3.63) is 41.3 Å². The normalized spacial score (nSPS) is 15.7. The second-order valence-electron chi connectivity index (χ2n) is 3.85. The van der Waals surface area contributed by atoms with Crippen LogP contribution in [-0.4, -0.2) is 20.1 Å². The molecule has 1 aromatic heterocycles. The molecule has 0 amide bonds. The van der Waals surface area contributed by atoms with Crippen LogP contribution in [-0.2, 0) is 6.61 Å². The van der Waals surface area contributed by atoms with Gasteiger partial charge in [-0.15, -0.1) is 0 Å². The van der Waals surface area contributed by atoms with Crippen molar-refractivity contribution >= 4 is 5.70 Å². The highest BCUT2D eigenvalue weighted by Gasteiger charge is 2.08. The molecule has 0 spiro atoms. The molecule has 4 heteroatoms. The fourth-order valence-electron chi connectivity index (χ4n) is 1.55. The van der Waals surface area contributed by atoms with Crippen LogP contribution in [0.2, 0.25) is 0 Å². The Bertz CT molecular complexity index is 480. The molecule has 0 radical (unpaired) electrons. The molecule has 16 heavy (non-hydrogen) atoms. The van der Waals surface area contributed by atoms with Gasteiger partial charge in [0.25, 0.3) is 0 Å². The molecule has 0 unspecified atom stereocenters. The van der Waals surface area contributed by atoms with Gasteiger partial charge in [0.1, 0.15) is 5.69 Å². The van der Waals surface area contributed by atoms with E-state index in [4.69, 9.17) is 5.11 Å². The molecule has 0 aromatic carbocycles. The summed E-state index contributed by atoms with van der Waals surface area (Å²) in [5.41, 5.74) is 3.63. The van der Waals surface area contributed by atoms with Gasteiger partial charge in [0.05, 0.1) is 18.0 Å². The molecule has 1 aliphatic carbocycles. The van der Waals surface area contributed by atoms with E-state index in [2.05, 4.69) is 29.3 Å². The predicted molar refractivity (Wildman–Crippen MR) is 62.5 cm³/mol. The molecule has 84 valence electrons. The number of aliphatic hydroxyl groups excluding tert-OH is 1. The number of hydrogen-bond acceptors (Lipinski definition) is 3. The van der Waals surface area contributed by atoms with Crippen LogP contribution >= 0.6 is 0 Å². The zero-order valence-corrected chi connectivity index (χ0v) is 9.51. The number of aromatic nitrogens is 3. The van der Waals surface area contributed by atoms with E-state index in [1.807, 2.05) is 19.1 Å². The Hall–Kier alpha value is -1.68. The highest BCUT2D eigenvalue weighted by Crippen LogP contribution is 2.15. The lowest BCUT2D eigenvalue weighted by molar-refractivity contribution is 0.275. The zero-order chi connectivity index (χ0) is 11.5. The lowest BCUT2D eigenvalue weighted by atomic mass is 10.3. The van der Waals surface area contributed by atoms with Gasteiger partial charge < -0.3 is 5.11 Å². The van der Waals surface area contributed by atoms with E-state index in [1.165, 1.54) is 5.57 Å². The minimum atomic E-state index is -0.0657. The van der Waals surface area contributed by atoms with E-state index in [0.29, 0.717) is 5.69 Å². The number of aliphatic hydroxyl groups is 1. The van der Waals surface area contributed by atoms with Crippen molar-refractivity contribution in [3.63, 3.8) is 0 Å². The molecule has 0 aliphatic heterocycles. The standard InChI is InChI=1S/C12H15N3O/c1-9-4-3-5-11(7-6-9)15-13-10(2)12(8-16)14-15/h3-4,6-7,16H,5,8H2,1-2H3. The van der Waals surface area contributed by atoms with Gasteiger partial charge in [-0.3, -0.25) is 0 Å². The third kappa shape index (κ3) is 2.12. The van der Waals surface area contributed by atoms with Crippen molar-refractivity contribution in [2.24, 2.45) is 0 Å². The number of hydrogen-bond donors (Lipinski definition) is 1. The van der Waals surface area contributed by atoms with E-state index >= 15 is 0 Å². The maximum absolute atomic E-state index is 9.07. The van der Waals surface area contributed by atoms with Gasteiger partial charge in [-0.25, -0.2) is 0 Å². The first kappa shape index (κ1) is 10.8. The van der Waals surface area contributed by atoms with Crippen LogP contribution in [0.15, 0.2) is 29.9 Å². The number of aryl methyl sites for hydroxylation is 1. The summed E-state index contributed by atoms with van der Waals surface area (Å²) >= 11 is 0. The number of allylic oxidation sites excluding steroid dienone is 6. The predicted octanol–water partition coefficient (Wildman–Crippen LogP) is 1.83. The third-order valence-corrected chi connectivity index (χ3v) is 2.53. The first-order chi connectivity index (χ1) is 7.70. The molecule has 0 saturated carbocycles. The fourth-order valence-corrected chi connectivity index (χ4v) is 1.55. The second-order valence-corrected chi connectivity index (χ2v) is 3.85. The van der Waals surface area contributed by atoms with Crippen LogP contribution in [0.25, 0.3) is 5.70 Å². The molecule has 2 rings (SSSR count). The molecule has 1 N–H and O–H groups in total. The second kappa shape index (κ2) is 4.45. The van der Waals surface area contributed by atoms with Crippen molar-refractivity contribution in [1.82, 2.24) is 15.0 Å². The maximum atomic E-state index is 9.07. The summed E-state index contributed by atoms with van der Waals surface area (Å²) in [7, 11) is 0. The monoisotopic (exact) mass is 217 g/mol. The number of nitrogens with zero attached hydrogens (tertiary/aromatic N) is 3. The van der Waals surface area contributed by atoms with E-state index < -0.39 is 0 Å². The Morgan fingerprint density at radius 2 is 2.12 bits per heavy atom. The molecular formula is C12H15N3O. The maximum Gasteiger partial charge on any atom is 0.111 e. The Morgan fingerprint density at radius 3 is 2.81 bits per heavy atom. The lowest BCUT2D eigenvalue weighted by Gasteiger charge is -2.00. The topological polar surface area (TPSA) is 50.9 Å². The van der Waals surface area contributed by atoms with Crippen LogP contribution in [0, 0.1) is 6.92 Å². The van der Waals surface area contributed by atoms with Gasteiger partial charge in [-0.2, -0.15) is 15.0 Å². The summed E-state index contributed by atoms with van der Waals surface area (Å²) in [6, 6.07) is 0. The minimum Gasteiger partial charge on any atom is -0.390 e. The number of rotatable bonds is 2. The van der Waals surface area contributed by atoms with E-state index in [9.17, 15) is 0 Å². The molecule has 1 heterocycles. The van der Waals surface area contributed by atoms with Crippen LogP contribution in [0.1, 0.15) is 24.7 Å². The SMILES string of the molecule is CC1=CC=C(n2nc(C)c(CO)n2)CC=C1. The summed E-state index contributed by atoms with van der Waals surface area (Å²) < 4.78 is 0. The zero-order valence-electron chi connectivity index (χ0n) is 9.51. The Morgan fingerprint density at radius 1 is 1.31 bits per heavy atom. The average Bonchev–Trinajstić information content (AvgIpc) is 2.50. The summed E-state index contributed by atoms with van der Waals surface area (Å²) in [6.07, 6.45) is 9.01. The van der Waals surface area contributed by atoms with Crippen molar-refractivity contribution in [2.45, 2.75) is 26.9 Å². The molecule has 0 saturated heterocycles. The first-order valence-corrected chi connectivity index (χ1v) is 5.29. The minimum absolute atomic E-state index is 0.0657. The van der Waals surface area contributed by atoms with E-state index in [0.717, 1.165) is 17.8 Å². The van der Waals surface area contributed by atoms with Crippen LogP contribution in [0.4, 0.5) is 0 Å². The molecule has 1 aromatic rings. The summed E-state index contributed by atoms with van der Waals surface area (Å²) in [5.74, 6) is 0. The average molecular weight is 217 g/mol. The third-order valence-electron chi connectivity index (χ3n) is 2.53. The molecule has 1 aliphatic rings. The molecular weight excluding hydrogens is 202 g/mol. The highest BCUT2D eigenvalue weighted by molar-refractivity contribution is 5.51. The Kier molecular flexibility index (Phi) is 3.01. The van der Waals surface area contributed by atoms with Crippen molar-refractivity contribution in [1.29, 1.82) is 0 Å². The smallest absolute Gasteiger partial charge is 0.111 e. The Balaban J connectivity index is 2.34.